The summed E-state index contributed by atoms with van der Waals surface area (Å²) in [5, 5.41) is 4.24. The Bertz CT molecular complexity index is 917. The number of aromatic nitrogens is 2. The zero-order valence-corrected chi connectivity index (χ0v) is 19.3. The molecule has 2 aliphatic heterocycles. The van der Waals surface area contributed by atoms with Crippen molar-refractivity contribution in [3.63, 3.8) is 0 Å². The van der Waals surface area contributed by atoms with Crippen molar-refractivity contribution in [3.8, 4) is 0 Å². The lowest BCUT2D eigenvalue weighted by Crippen LogP contribution is -2.41. The van der Waals surface area contributed by atoms with Crippen molar-refractivity contribution in [2.45, 2.75) is 51.0 Å². The minimum Gasteiger partial charge on any atom is -0.365 e. The van der Waals surface area contributed by atoms with E-state index in [4.69, 9.17) is 21.2 Å². The maximum Gasteiger partial charge on any atom is 0.267 e. The molecule has 2 aromatic rings. The van der Waals surface area contributed by atoms with Gasteiger partial charge in [0.15, 0.2) is 6.29 Å². The fourth-order valence-corrected chi connectivity index (χ4v) is 4.12. The third-order valence-electron chi connectivity index (χ3n) is 5.68. The van der Waals surface area contributed by atoms with Crippen LogP contribution < -0.4 is 10.8 Å². The van der Waals surface area contributed by atoms with Gasteiger partial charge in [-0.15, -0.1) is 0 Å². The summed E-state index contributed by atoms with van der Waals surface area (Å²) in [5.74, 6) is 0.365. The minimum absolute atomic E-state index is 0.312. The third kappa shape index (κ3) is 7.78. The van der Waals surface area contributed by atoms with Gasteiger partial charge in [-0.05, 0) is 56.0 Å². The number of carbonyl (C=O) groups is 1. The largest absolute Gasteiger partial charge is 0.365 e. The van der Waals surface area contributed by atoms with Gasteiger partial charge in [-0.3, -0.25) is 14.7 Å². The van der Waals surface area contributed by atoms with Crippen LogP contribution in [0, 0.1) is 0 Å². The van der Waals surface area contributed by atoms with E-state index in [-0.39, 0.29) is 12.2 Å². The summed E-state index contributed by atoms with van der Waals surface area (Å²) in [6, 6.07) is 8.33. The number of carbonyl (C=O) groups excluding carboxylic acids is 1. The lowest BCUT2D eigenvalue weighted by Gasteiger charge is -2.33. The number of halogens is 1. The molecule has 8 nitrogen and oxygen atoms in total. The van der Waals surface area contributed by atoms with E-state index in [1.165, 1.54) is 11.6 Å². The van der Waals surface area contributed by atoms with Gasteiger partial charge >= 0.3 is 0 Å². The van der Waals surface area contributed by atoms with Gasteiger partial charge in [-0.25, -0.2) is 15.3 Å². The van der Waals surface area contributed by atoms with Crippen molar-refractivity contribution < 1.29 is 14.4 Å². The highest BCUT2D eigenvalue weighted by molar-refractivity contribution is 6.30. The van der Waals surface area contributed by atoms with Gasteiger partial charge in [0.2, 0.25) is 0 Å². The van der Waals surface area contributed by atoms with Gasteiger partial charge in [0.25, 0.3) is 5.91 Å². The van der Waals surface area contributed by atoms with Gasteiger partial charge in [0.05, 0.1) is 18.1 Å². The number of nitrogens with zero attached hydrogens (tertiary/aromatic N) is 3. The average molecular weight is 472 g/mol. The van der Waals surface area contributed by atoms with Crippen LogP contribution in [0.5, 0.6) is 0 Å². The predicted octanol–water partition coefficient (Wildman–Crippen LogP) is 3.79. The predicted molar refractivity (Wildman–Crippen MR) is 127 cm³/mol. The Morgan fingerprint density at radius 2 is 2.06 bits per heavy atom. The van der Waals surface area contributed by atoms with Crippen LogP contribution in [0.4, 0.5) is 5.82 Å². The topological polar surface area (TPSA) is 88.6 Å². The Kier molecular flexibility index (Phi) is 8.65. The quantitative estimate of drug-likeness (QED) is 0.447. The normalized spacial score (nSPS) is 21.7. The fourth-order valence-electron chi connectivity index (χ4n) is 4.00. The average Bonchev–Trinajstić information content (AvgIpc) is 2.85. The van der Waals surface area contributed by atoms with E-state index in [2.05, 4.69) is 37.8 Å². The molecule has 2 saturated heterocycles. The molecule has 0 aliphatic carbocycles. The van der Waals surface area contributed by atoms with E-state index in [0.29, 0.717) is 18.3 Å². The Hall–Kier alpha value is -2.52. The molecule has 1 aromatic carbocycles. The Morgan fingerprint density at radius 1 is 1.18 bits per heavy atom. The number of likely N-dealkylation sites (tertiary alicyclic amines) is 1. The Morgan fingerprint density at radius 3 is 2.82 bits per heavy atom. The zero-order chi connectivity index (χ0) is 22.9. The second-order valence-electron chi connectivity index (χ2n) is 8.39. The summed E-state index contributed by atoms with van der Waals surface area (Å²) >= 11 is 5.99. The molecular formula is C24H30ClN5O3. The highest BCUT2D eigenvalue weighted by Crippen LogP contribution is 2.18. The van der Waals surface area contributed by atoms with Crippen molar-refractivity contribution in [2.24, 2.45) is 0 Å². The first kappa shape index (κ1) is 23.6. The maximum absolute atomic E-state index is 11.9. The van der Waals surface area contributed by atoms with Crippen LogP contribution in [-0.4, -0.2) is 52.8 Å². The second-order valence-corrected chi connectivity index (χ2v) is 8.82. The third-order valence-corrected chi connectivity index (χ3v) is 5.94. The zero-order valence-electron chi connectivity index (χ0n) is 18.6. The van der Waals surface area contributed by atoms with Gasteiger partial charge in [-0.1, -0.05) is 23.7 Å². The highest BCUT2D eigenvalue weighted by atomic mass is 35.5. The molecule has 4 rings (SSSR count). The van der Waals surface area contributed by atoms with Gasteiger partial charge < -0.3 is 10.1 Å². The highest BCUT2D eigenvalue weighted by Gasteiger charge is 2.20. The van der Waals surface area contributed by atoms with Crippen LogP contribution in [0.1, 0.15) is 43.4 Å². The first-order valence-corrected chi connectivity index (χ1v) is 11.8. The van der Waals surface area contributed by atoms with Crippen LogP contribution in [0.15, 0.2) is 42.7 Å². The summed E-state index contributed by atoms with van der Waals surface area (Å²) in [6.07, 6.45) is 11.0. The number of amides is 1. The number of piperidine rings is 1. The monoisotopic (exact) mass is 471 g/mol. The summed E-state index contributed by atoms with van der Waals surface area (Å²) in [4.78, 5) is 28.4. The molecule has 0 saturated carbocycles. The Labute approximate surface area is 199 Å². The van der Waals surface area contributed by atoms with Crippen molar-refractivity contribution in [2.75, 3.05) is 25.0 Å². The SMILES string of the molecule is O=C(/C=C/c1cnc(N[C@@H]2CCCN(Cc3ccc(Cl)cc3)C2)cn1)NOC1CCCCO1. The summed E-state index contributed by atoms with van der Waals surface area (Å²) < 4.78 is 5.41. The van der Waals surface area contributed by atoms with Crippen LogP contribution in [0.25, 0.3) is 6.08 Å². The van der Waals surface area contributed by atoms with E-state index in [1.807, 2.05) is 12.1 Å². The van der Waals surface area contributed by atoms with E-state index in [0.717, 1.165) is 62.6 Å². The number of hydroxylamine groups is 1. The number of ether oxygens (including phenoxy) is 1. The van der Waals surface area contributed by atoms with Crippen molar-refractivity contribution >= 4 is 29.4 Å². The summed E-state index contributed by atoms with van der Waals surface area (Å²) in [7, 11) is 0. The molecule has 2 aliphatic rings. The molecule has 2 fully saturated rings. The number of hydrogen-bond donors (Lipinski definition) is 2. The molecular weight excluding hydrogens is 442 g/mol. The maximum atomic E-state index is 11.9. The number of hydrogen-bond acceptors (Lipinski definition) is 7. The molecule has 0 bridgehead atoms. The van der Waals surface area contributed by atoms with Gasteiger partial charge in [0.1, 0.15) is 5.82 Å². The minimum atomic E-state index is -0.372. The number of benzene rings is 1. The van der Waals surface area contributed by atoms with Crippen LogP contribution >= 0.6 is 11.6 Å². The lowest BCUT2D eigenvalue weighted by atomic mass is 10.0. The van der Waals surface area contributed by atoms with E-state index < -0.39 is 0 Å². The molecule has 1 amide bonds. The van der Waals surface area contributed by atoms with Crippen LogP contribution in [0.3, 0.4) is 0 Å². The van der Waals surface area contributed by atoms with Gasteiger partial charge in [-0.2, -0.15) is 0 Å². The summed E-state index contributed by atoms with van der Waals surface area (Å²) in [6.45, 7) is 3.59. The first-order valence-electron chi connectivity index (χ1n) is 11.4. The van der Waals surface area contributed by atoms with E-state index in [9.17, 15) is 4.79 Å². The summed E-state index contributed by atoms with van der Waals surface area (Å²) in [5.41, 5.74) is 4.25. The van der Waals surface area contributed by atoms with Crippen LogP contribution in [-0.2, 0) is 20.9 Å². The van der Waals surface area contributed by atoms with Gasteiger partial charge in [0, 0.05) is 43.3 Å². The number of rotatable bonds is 8. The molecule has 2 atom stereocenters. The molecule has 33 heavy (non-hydrogen) atoms. The molecule has 2 N–H and O–H groups in total. The Balaban J connectivity index is 1.21. The molecule has 1 aromatic heterocycles. The van der Waals surface area contributed by atoms with Crippen molar-refractivity contribution in [1.82, 2.24) is 20.3 Å². The van der Waals surface area contributed by atoms with Crippen molar-refractivity contribution in [1.29, 1.82) is 0 Å². The van der Waals surface area contributed by atoms with E-state index in [1.54, 1.807) is 18.5 Å². The molecule has 3 heterocycles. The number of nitrogens with one attached hydrogen (secondary N) is 2. The smallest absolute Gasteiger partial charge is 0.267 e. The standard InChI is InChI=1S/C24H30ClN5O3/c25-19-8-6-18(7-9-19)16-30-12-3-4-21(17-30)28-22-15-26-20(14-27-22)10-11-23(31)29-33-24-5-1-2-13-32-24/h6-11,14-15,21,24H,1-5,12-13,16-17H2,(H,27,28)(H,29,31)/b11-10+/t21-,24?/m1/s1. The first-order chi connectivity index (χ1) is 16.1. The van der Waals surface area contributed by atoms with Crippen LogP contribution in [0.2, 0.25) is 5.02 Å². The molecule has 0 radical (unpaired) electrons. The molecule has 0 spiro atoms. The van der Waals surface area contributed by atoms with Crippen molar-refractivity contribution in [3.05, 3.63) is 59.0 Å². The molecule has 9 heteroatoms. The lowest BCUT2D eigenvalue weighted by molar-refractivity contribution is -0.198. The molecule has 1 unspecified atom stereocenters. The number of anilines is 1. The van der Waals surface area contributed by atoms with E-state index >= 15 is 0 Å². The molecule has 176 valence electrons. The fraction of sp³-hybridized carbons (Fsp3) is 0.458. The second kappa shape index (κ2) is 12.1.